The zero-order chi connectivity index (χ0) is 24.0. The summed E-state index contributed by atoms with van der Waals surface area (Å²) < 4.78 is 43.5. The lowest BCUT2D eigenvalue weighted by atomic mass is 10.1. The van der Waals surface area contributed by atoms with E-state index in [0.29, 0.717) is 22.9 Å². The maximum Gasteiger partial charge on any atom is 0.269 e. The van der Waals surface area contributed by atoms with Crippen molar-refractivity contribution in [1.29, 1.82) is 0 Å². The van der Waals surface area contributed by atoms with Crippen LogP contribution in [0.5, 0.6) is 17.2 Å². The molecule has 9 nitrogen and oxygen atoms in total. The quantitative estimate of drug-likeness (QED) is 0.276. The lowest BCUT2D eigenvalue weighted by molar-refractivity contribution is -0.384. The van der Waals surface area contributed by atoms with Crippen LogP contribution in [0.2, 0.25) is 0 Å². The summed E-state index contributed by atoms with van der Waals surface area (Å²) in [5, 5.41) is 10.7. The van der Waals surface area contributed by atoms with Crippen molar-refractivity contribution < 1.29 is 27.6 Å². The number of nitro benzene ring substituents is 1. The van der Waals surface area contributed by atoms with Crippen molar-refractivity contribution in [2.24, 2.45) is 0 Å². The number of sulfonamides is 1. The molecule has 0 saturated heterocycles. The lowest BCUT2D eigenvalue weighted by Gasteiger charge is -2.12. The van der Waals surface area contributed by atoms with Crippen LogP contribution in [0.15, 0.2) is 65.6 Å². The fraction of sp³-hybridized carbons (Fsp3) is 0.130. The molecular weight excluding hydrogens is 448 g/mol. The second-order valence-corrected chi connectivity index (χ2v) is 8.45. The number of nitrogens with zero attached hydrogens (tertiary/aromatic N) is 1. The maximum atomic E-state index is 12.5. The van der Waals surface area contributed by atoms with Gasteiger partial charge in [0.15, 0.2) is 11.5 Å². The Morgan fingerprint density at radius 2 is 1.36 bits per heavy atom. The third-order valence-corrected chi connectivity index (χ3v) is 6.07. The van der Waals surface area contributed by atoms with Gasteiger partial charge in [-0.15, -0.1) is 0 Å². The first-order valence-corrected chi connectivity index (χ1v) is 11.1. The van der Waals surface area contributed by atoms with Crippen molar-refractivity contribution in [3.8, 4) is 17.2 Å². The smallest absolute Gasteiger partial charge is 0.269 e. The molecule has 0 saturated carbocycles. The maximum absolute atomic E-state index is 12.5. The first-order chi connectivity index (χ1) is 15.8. The molecule has 172 valence electrons. The summed E-state index contributed by atoms with van der Waals surface area (Å²) in [6.45, 7) is 0. The van der Waals surface area contributed by atoms with E-state index in [1.807, 2.05) is 24.3 Å². The van der Waals surface area contributed by atoms with Crippen LogP contribution in [0.25, 0.3) is 12.2 Å². The standard InChI is InChI=1S/C23H22N2O7S/c1-30-21-14-17(15-22(31-2)23(21)32-3)5-4-16-6-8-18(9-7-16)24-33(28,29)20-12-10-19(11-13-20)25(26)27/h4-15,24H,1-3H3/b5-4-. The van der Waals surface area contributed by atoms with Crippen molar-refractivity contribution in [2.75, 3.05) is 26.1 Å². The van der Waals surface area contributed by atoms with Crippen LogP contribution in [-0.2, 0) is 10.0 Å². The number of nitrogens with one attached hydrogen (secondary N) is 1. The van der Waals surface area contributed by atoms with Crippen LogP contribution in [-0.4, -0.2) is 34.7 Å². The summed E-state index contributed by atoms with van der Waals surface area (Å²) in [5.74, 6) is 1.57. The van der Waals surface area contributed by atoms with Crippen molar-refractivity contribution in [2.45, 2.75) is 4.90 Å². The number of hydrogen-bond acceptors (Lipinski definition) is 7. The average molecular weight is 471 g/mol. The highest BCUT2D eigenvalue weighted by molar-refractivity contribution is 7.92. The Hall–Kier alpha value is -4.05. The zero-order valence-corrected chi connectivity index (χ0v) is 19.0. The van der Waals surface area contributed by atoms with E-state index in [9.17, 15) is 18.5 Å². The Morgan fingerprint density at radius 3 is 1.85 bits per heavy atom. The normalized spacial score (nSPS) is 11.2. The van der Waals surface area contributed by atoms with Gasteiger partial charge in [-0.2, -0.15) is 0 Å². The monoisotopic (exact) mass is 470 g/mol. The van der Waals surface area contributed by atoms with Gasteiger partial charge in [-0.1, -0.05) is 24.3 Å². The predicted octanol–water partition coefficient (Wildman–Crippen LogP) is 4.59. The molecule has 1 N–H and O–H groups in total. The van der Waals surface area contributed by atoms with Crippen molar-refractivity contribution in [3.63, 3.8) is 0 Å². The number of hydrogen-bond donors (Lipinski definition) is 1. The molecule has 0 heterocycles. The lowest BCUT2D eigenvalue weighted by Crippen LogP contribution is -2.12. The summed E-state index contributed by atoms with van der Waals surface area (Å²) in [7, 11) is 0.745. The first kappa shape index (κ1) is 23.6. The highest BCUT2D eigenvalue weighted by Crippen LogP contribution is 2.38. The van der Waals surface area contributed by atoms with Crippen molar-refractivity contribution in [1.82, 2.24) is 0 Å². The molecule has 3 rings (SSSR count). The molecule has 0 spiro atoms. The second-order valence-electron chi connectivity index (χ2n) is 6.77. The van der Waals surface area contributed by atoms with Gasteiger partial charge in [0.1, 0.15) is 0 Å². The molecule has 0 aliphatic heterocycles. The fourth-order valence-electron chi connectivity index (χ4n) is 3.01. The van der Waals surface area contributed by atoms with Gasteiger partial charge in [-0.05, 0) is 47.5 Å². The molecule has 0 aliphatic carbocycles. The van der Waals surface area contributed by atoms with Gasteiger partial charge >= 0.3 is 0 Å². The molecule has 0 aromatic heterocycles. The second kappa shape index (κ2) is 10.0. The van der Waals surface area contributed by atoms with Crippen LogP contribution in [0.1, 0.15) is 11.1 Å². The number of non-ortho nitro benzene ring substituents is 1. The third-order valence-electron chi connectivity index (χ3n) is 4.68. The van der Waals surface area contributed by atoms with Gasteiger partial charge in [-0.25, -0.2) is 8.42 Å². The van der Waals surface area contributed by atoms with E-state index in [1.165, 1.54) is 19.2 Å². The summed E-state index contributed by atoms with van der Waals surface area (Å²) in [4.78, 5) is 10.1. The molecular formula is C23H22N2O7S. The van der Waals surface area contributed by atoms with E-state index in [1.54, 1.807) is 38.5 Å². The van der Waals surface area contributed by atoms with Gasteiger partial charge in [-0.3, -0.25) is 14.8 Å². The van der Waals surface area contributed by atoms with Gasteiger partial charge in [0, 0.05) is 17.8 Å². The minimum atomic E-state index is -3.88. The fourth-order valence-corrected chi connectivity index (χ4v) is 4.07. The van der Waals surface area contributed by atoms with E-state index >= 15 is 0 Å². The van der Waals surface area contributed by atoms with E-state index in [2.05, 4.69) is 4.72 Å². The molecule has 0 aliphatic rings. The Morgan fingerprint density at radius 1 is 0.818 bits per heavy atom. The summed E-state index contributed by atoms with van der Waals surface area (Å²) in [6, 6.07) is 15.0. The molecule has 0 radical (unpaired) electrons. The summed E-state index contributed by atoms with van der Waals surface area (Å²) >= 11 is 0. The SMILES string of the molecule is COc1cc(/C=C\c2ccc(NS(=O)(=O)c3ccc([N+](=O)[O-])cc3)cc2)cc(OC)c1OC. The number of rotatable bonds is 9. The minimum Gasteiger partial charge on any atom is -0.493 e. The minimum absolute atomic E-state index is 0.0699. The molecule has 3 aromatic carbocycles. The predicted molar refractivity (Wildman–Crippen MR) is 125 cm³/mol. The summed E-state index contributed by atoms with van der Waals surface area (Å²) in [6.07, 6.45) is 3.72. The molecule has 0 unspecified atom stereocenters. The van der Waals surface area contributed by atoms with Gasteiger partial charge in [0.05, 0.1) is 31.1 Å². The van der Waals surface area contributed by atoms with Gasteiger partial charge in [0.2, 0.25) is 5.75 Å². The highest BCUT2D eigenvalue weighted by Gasteiger charge is 2.16. The Balaban J connectivity index is 1.75. The molecule has 0 fully saturated rings. The first-order valence-electron chi connectivity index (χ1n) is 9.63. The van der Waals surface area contributed by atoms with E-state index in [-0.39, 0.29) is 10.6 Å². The molecule has 10 heteroatoms. The summed E-state index contributed by atoms with van der Waals surface area (Å²) in [5.41, 5.74) is 1.84. The average Bonchev–Trinajstić information content (AvgIpc) is 2.82. The van der Waals surface area contributed by atoms with Crippen molar-refractivity contribution in [3.05, 3.63) is 81.9 Å². The number of methoxy groups -OCH3 is 3. The highest BCUT2D eigenvalue weighted by atomic mass is 32.2. The largest absolute Gasteiger partial charge is 0.493 e. The number of anilines is 1. The molecule has 0 atom stereocenters. The number of nitro groups is 1. The zero-order valence-electron chi connectivity index (χ0n) is 18.1. The number of benzene rings is 3. The van der Waals surface area contributed by atoms with Crippen LogP contribution in [0, 0.1) is 10.1 Å². The topological polar surface area (TPSA) is 117 Å². The van der Waals surface area contributed by atoms with Crippen LogP contribution < -0.4 is 18.9 Å². The van der Waals surface area contributed by atoms with Crippen LogP contribution in [0.3, 0.4) is 0 Å². The van der Waals surface area contributed by atoms with Crippen molar-refractivity contribution >= 4 is 33.6 Å². The Labute approximate surface area is 191 Å². The van der Waals surface area contributed by atoms with Crippen LogP contribution in [0.4, 0.5) is 11.4 Å². The Kier molecular flexibility index (Phi) is 7.19. The molecule has 0 bridgehead atoms. The van der Waals surface area contributed by atoms with E-state index < -0.39 is 14.9 Å². The van der Waals surface area contributed by atoms with Gasteiger partial charge in [0.25, 0.3) is 15.7 Å². The van der Waals surface area contributed by atoms with Crippen LogP contribution >= 0.6 is 0 Å². The third kappa shape index (κ3) is 5.60. The van der Waals surface area contributed by atoms with Gasteiger partial charge < -0.3 is 14.2 Å². The van der Waals surface area contributed by atoms with E-state index in [0.717, 1.165) is 23.3 Å². The molecule has 3 aromatic rings. The Bertz CT molecular complexity index is 1240. The molecule has 33 heavy (non-hydrogen) atoms. The van der Waals surface area contributed by atoms with E-state index in [4.69, 9.17) is 14.2 Å². The number of ether oxygens (including phenoxy) is 3. The molecule has 0 amide bonds.